The number of nitrogens with zero attached hydrogens (tertiary/aromatic N) is 2. The number of hydrogen-bond acceptors (Lipinski definition) is 3. The predicted octanol–water partition coefficient (Wildman–Crippen LogP) is 16.3. The lowest BCUT2D eigenvalue weighted by molar-refractivity contribution is 0.660. The first-order chi connectivity index (χ1) is 30.5. The normalized spacial score (nSPS) is 12.8. The van der Waals surface area contributed by atoms with Gasteiger partial charge in [-0.2, -0.15) is 0 Å². The van der Waals surface area contributed by atoms with Gasteiger partial charge in [-0.3, -0.25) is 0 Å². The molecule has 1 aliphatic carbocycles. The van der Waals surface area contributed by atoms with E-state index in [4.69, 9.17) is 9.97 Å². The molecule has 0 radical (unpaired) electrons. The Morgan fingerprint density at radius 2 is 0.952 bits per heavy atom. The lowest BCUT2D eigenvalue weighted by atomic mass is 9.82. The number of aromatic nitrogens is 2. The quantitative estimate of drug-likeness (QED) is 0.167. The van der Waals surface area contributed by atoms with Crippen LogP contribution in [0.5, 0.6) is 0 Å². The van der Waals surface area contributed by atoms with Crippen LogP contribution in [0.3, 0.4) is 0 Å². The van der Waals surface area contributed by atoms with Crippen LogP contribution in [-0.2, 0) is 5.41 Å². The summed E-state index contributed by atoms with van der Waals surface area (Å²) < 4.78 is 2.60. The Kier molecular flexibility index (Phi) is 8.41. The van der Waals surface area contributed by atoms with Crippen molar-refractivity contribution in [2.75, 3.05) is 0 Å². The van der Waals surface area contributed by atoms with Crippen LogP contribution in [0.2, 0.25) is 0 Å². The van der Waals surface area contributed by atoms with Crippen LogP contribution in [-0.4, -0.2) is 9.97 Å². The van der Waals surface area contributed by atoms with E-state index in [1.165, 1.54) is 75.5 Å². The Labute approximate surface area is 365 Å². The van der Waals surface area contributed by atoms with Gasteiger partial charge in [-0.25, -0.2) is 9.97 Å². The van der Waals surface area contributed by atoms with Crippen molar-refractivity contribution in [2.45, 2.75) is 19.3 Å². The monoisotopic (exact) mass is 808 g/mol. The molecule has 0 N–H and O–H groups in total. The predicted molar refractivity (Wildman–Crippen MR) is 263 cm³/mol. The van der Waals surface area contributed by atoms with Crippen molar-refractivity contribution >= 4 is 42.3 Å². The Hall–Kier alpha value is -7.46. The lowest BCUT2D eigenvalue weighted by Crippen LogP contribution is -2.14. The molecule has 0 spiro atoms. The molecule has 9 aromatic carbocycles. The van der Waals surface area contributed by atoms with Gasteiger partial charge in [0.05, 0.1) is 11.4 Å². The summed E-state index contributed by atoms with van der Waals surface area (Å²) >= 11 is 1.85. The largest absolute Gasteiger partial charge is 0.228 e. The second kappa shape index (κ2) is 14.3. The summed E-state index contributed by atoms with van der Waals surface area (Å²) in [5.41, 5.74) is 17.2. The van der Waals surface area contributed by atoms with Gasteiger partial charge in [0.15, 0.2) is 5.82 Å². The van der Waals surface area contributed by atoms with Gasteiger partial charge in [0.25, 0.3) is 0 Å². The summed E-state index contributed by atoms with van der Waals surface area (Å²) in [6.45, 7) is 4.68. The minimum absolute atomic E-state index is 0.0750. The number of thiophene rings is 1. The molecule has 0 fully saturated rings. The van der Waals surface area contributed by atoms with Gasteiger partial charge in [0.1, 0.15) is 0 Å². The van der Waals surface area contributed by atoms with E-state index in [2.05, 4.69) is 214 Å². The van der Waals surface area contributed by atoms with Gasteiger partial charge in [-0.1, -0.05) is 172 Å². The number of rotatable bonds is 6. The molecule has 3 heteroatoms. The zero-order valence-electron chi connectivity index (χ0n) is 34.4. The highest BCUT2D eigenvalue weighted by Gasteiger charge is 2.36. The molecule has 0 amide bonds. The smallest absolute Gasteiger partial charge is 0.160 e. The SMILES string of the molecule is CC1(C)c2ccccc2-c2c(-c3cccc(-c4cc(-c5cc(-c6ccc7sc8ccccc8c7c6)cc(-c6cccc7ccccc67)c5)nc(-c5ccccc5)n4)c3)cccc21. The van der Waals surface area contributed by atoms with Crippen molar-refractivity contribution in [3.8, 4) is 78.4 Å². The molecule has 12 rings (SSSR count). The first-order valence-corrected chi connectivity index (χ1v) is 22.1. The van der Waals surface area contributed by atoms with Crippen molar-refractivity contribution in [3.63, 3.8) is 0 Å². The van der Waals surface area contributed by atoms with Crippen LogP contribution in [0, 0.1) is 0 Å². The first-order valence-electron chi connectivity index (χ1n) is 21.3. The molecule has 2 aromatic heterocycles. The Morgan fingerprint density at radius 1 is 0.355 bits per heavy atom. The first kappa shape index (κ1) is 36.4. The molecule has 0 atom stereocenters. The molecule has 2 nitrogen and oxygen atoms in total. The molecule has 0 aliphatic heterocycles. The van der Waals surface area contributed by atoms with E-state index in [0.29, 0.717) is 5.82 Å². The summed E-state index contributed by atoms with van der Waals surface area (Å²) in [4.78, 5) is 10.7. The minimum atomic E-state index is -0.0750. The van der Waals surface area contributed by atoms with Crippen LogP contribution in [0.15, 0.2) is 206 Å². The van der Waals surface area contributed by atoms with Gasteiger partial charge < -0.3 is 0 Å². The fourth-order valence-corrected chi connectivity index (χ4v) is 10.9. The van der Waals surface area contributed by atoms with Gasteiger partial charge >= 0.3 is 0 Å². The highest BCUT2D eigenvalue weighted by Crippen LogP contribution is 2.52. The lowest BCUT2D eigenvalue weighted by Gasteiger charge is -2.21. The van der Waals surface area contributed by atoms with Crippen molar-refractivity contribution in [2.24, 2.45) is 0 Å². The maximum absolute atomic E-state index is 5.37. The molecule has 0 saturated heterocycles. The van der Waals surface area contributed by atoms with Crippen molar-refractivity contribution < 1.29 is 0 Å². The Morgan fingerprint density at radius 3 is 1.85 bits per heavy atom. The summed E-state index contributed by atoms with van der Waals surface area (Å²) in [7, 11) is 0. The van der Waals surface area contributed by atoms with Crippen LogP contribution < -0.4 is 0 Å². The van der Waals surface area contributed by atoms with Gasteiger partial charge in [0.2, 0.25) is 0 Å². The third-order valence-corrected chi connectivity index (χ3v) is 14.0. The summed E-state index contributed by atoms with van der Waals surface area (Å²) in [5, 5.41) is 5.02. The third-order valence-electron chi connectivity index (χ3n) is 12.9. The maximum atomic E-state index is 5.37. The average Bonchev–Trinajstić information content (AvgIpc) is 3.82. The van der Waals surface area contributed by atoms with Crippen LogP contribution in [0.25, 0.3) is 109 Å². The second-order valence-electron chi connectivity index (χ2n) is 16.9. The van der Waals surface area contributed by atoms with Crippen LogP contribution in [0.4, 0.5) is 0 Å². The van der Waals surface area contributed by atoms with Crippen molar-refractivity contribution in [1.29, 1.82) is 0 Å². The number of hydrogen-bond donors (Lipinski definition) is 0. The van der Waals surface area contributed by atoms with E-state index < -0.39 is 0 Å². The summed E-state index contributed by atoms with van der Waals surface area (Å²) in [6.07, 6.45) is 0. The van der Waals surface area contributed by atoms with E-state index in [-0.39, 0.29) is 5.41 Å². The van der Waals surface area contributed by atoms with Crippen molar-refractivity contribution in [3.05, 3.63) is 217 Å². The number of benzene rings is 9. The number of fused-ring (bicyclic) bond motifs is 7. The van der Waals surface area contributed by atoms with Gasteiger partial charge in [0, 0.05) is 42.3 Å². The fourth-order valence-electron chi connectivity index (χ4n) is 9.78. The minimum Gasteiger partial charge on any atom is -0.228 e. The van der Waals surface area contributed by atoms with E-state index in [0.717, 1.165) is 39.2 Å². The Balaban J connectivity index is 1.06. The van der Waals surface area contributed by atoms with Crippen molar-refractivity contribution in [1.82, 2.24) is 9.97 Å². The molecule has 62 heavy (non-hydrogen) atoms. The van der Waals surface area contributed by atoms with Gasteiger partial charge in [-0.15, -0.1) is 11.3 Å². The van der Waals surface area contributed by atoms with Crippen LogP contribution in [0.1, 0.15) is 25.0 Å². The van der Waals surface area contributed by atoms with E-state index >= 15 is 0 Å². The molecule has 11 aromatic rings. The zero-order valence-corrected chi connectivity index (χ0v) is 35.2. The Bertz CT molecular complexity index is 3550. The summed E-state index contributed by atoms with van der Waals surface area (Å²) in [6, 6.07) is 75.0. The molecule has 0 unspecified atom stereocenters. The highest BCUT2D eigenvalue weighted by atomic mass is 32.1. The highest BCUT2D eigenvalue weighted by molar-refractivity contribution is 7.25. The molecule has 2 heterocycles. The van der Waals surface area contributed by atoms with Gasteiger partial charge in [-0.05, 0) is 115 Å². The topological polar surface area (TPSA) is 25.8 Å². The molecular weight excluding hydrogens is 769 g/mol. The molecule has 0 bridgehead atoms. The van der Waals surface area contributed by atoms with E-state index in [1.54, 1.807) is 0 Å². The maximum Gasteiger partial charge on any atom is 0.160 e. The summed E-state index contributed by atoms with van der Waals surface area (Å²) in [5.74, 6) is 0.697. The van der Waals surface area contributed by atoms with E-state index in [1.807, 2.05) is 17.4 Å². The molecule has 1 aliphatic rings. The average molecular weight is 809 g/mol. The van der Waals surface area contributed by atoms with Crippen LogP contribution >= 0.6 is 11.3 Å². The fraction of sp³-hybridized carbons (Fsp3) is 0.0508. The van der Waals surface area contributed by atoms with E-state index in [9.17, 15) is 0 Å². The molecular formula is C59H40N2S. The molecule has 292 valence electrons. The standard InChI is InChI=1S/C59H40N2S/c1-59(2)51-26-10-8-23-49(51)57-47(25-14-27-52(57)59)40-19-12-20-41(31-40)53-36-54(61-58(60-53)38-16-4-3-5-17-38)44-33-42(32-43(34-44)46-24-13-18-37-15-6-7-21-45(37)46)39-29-30-56-50(35-39)48-22-9-11-28-55(48)62-56/h3-36H,1-2H3. The zero-order chi connectivity index (χ0) is 41.4. The third kappa shape index (κ3) is 6.00. The molecule has 0 saturated carbocycles. The second-order valence-corrected chi connectivity index (χ2v) is 18.0.